The number of aromatic nitrogens is 2. The van der Waals surface area contributed by atoms with E-state index in [1.165, 1.54) is 30.3 Å². The quantitative estimate of drug-likeness (QED) is 0.446. The van der Waals surface area contributed by atoms with Gasteiger partial charge < -0.3 is 5.32 Å². The Morgan fingerprint density at radius 2 is 1.94 bits per heavy atom. The van der Waals surface area contributed by atoms with Crippen molar-refractivity contribution in [2.75, 3.05) is 5.32 Å². The first kappa shape index (κ1) is 22.9. The van der Waals surface area contributed by atoms with E-state index < -0.39 is 30.0 Å². The number of alkyl halides is 3. The molecule has 0 radical (unpaired) electrons. The number of benzene rings is 1. The largest absolute Gasteiger partial charge is 0.410 e. The molecule has 2 aromatic rings. The fraction of sp³-hybridized carbons (Fsp3) is 0.542. The maximum Gasteiger partial charge on any atom is 0.410 e. The minimum absolute atomic E-state index is 0.0775. The number of nitrogens with one attached hydrogen (secondary N) is 2. The minimum Gasteiger partial charge on any atom is -0.363 e. The van der Waals surface area contributed by atoms with Crippen LogP contribution >= 0.6 is 0 Å². The highest BCUT2D eigenvalue weighted by atomic mass is 19.4. The summed E-state index contributed by atoms with van der Waals surface area (Å²) < 4.78 is 55.7. The number of fused-ring (bicyclic) bond motifs is 3. The lowest BCUT2D eigenvalue weighted by molar-refractivity contribution is -0.173. The van der Waals surface area contributed by atoms with Crippen LogP contribution in [0.1, 0.15) is 74.6 Å². The van der Waals surface area contributed by atoms with E-state index in [0.29, 0.717) is 11.5 Å². The van der Waals surface area contributed by atoms with E-state index in [9.17, 15) is 22.4 Å². The third-order valence-electron chi connectivity index (χ3n) is 8.50. The molecule has 2 saturated carbocycles. The second-order valence-corrected chi connectivity index (χ2v) is 10.4. The van der Waals surface area contributed by atoms with Gasteiger partial charge in [-0.15, -0.1) is 0 Å². The van der Waals surface area contributed by atoms with Gasteiger partial charge in [-0.05, 0) is 48.3 Å². The van der Waals surface area contributed by atoms with Gasteiger partial charge in [-0.25, -0.2) is 14.5 Å². The summed E-state index contributed by atoms with van der Waals surface area (Å²) in [7, 11) is 0. The van der Waals surface area contributed by atoms with Gasteiger partial charge in [-0.2, -0.15) is 23.4 Å². The topological polar surface area (TPSA) is 71.3 Å². The minimum atomic E-state index is -4.57. The number of amides is 1. The number of halogens is 4. The third kappa shape index (κ3) is 3.49. The summed E-state index contributed by atoms with van der Waals surface area (Å²) in [6.07, 6.45) is -1.97. The number of carbonyl (C=O) groups is 1. The van der Waals surface area contributed by atoms with Gasteiger partial charge in [0.05, 0.1) is 6.04 Å². The molecule has 3 aliphatic rings. The van der Waals surface area contributed by atoms with E-state index in [4.69, 9.17) is 0 Å². The Morgan fingerprint density at radius 1 is 1.24 bits per heavy atom. The molecule has 0 saturated heterocycles. The summed E-state index contributed by atoms with van der Waals surface area (Å²) in [6.45, 7) is 6.60. The van der Waals surface area contributed by atoms with Gasteiger partial charge in [0, 0.05) is 23.6 Å². The normalized spacial score (nSPS) is 30.8. The molecule has 0 spiro atoms. The van der Waals surface area contributed by atoms with Crippen molar-refractivity contribution in [2.24, 2.45) is 21.8 Å². The van der Waals surface area contributed by atoms with Gasteiger partial charge in [0.2, 0.25) is 0 Å². The standard InChI is InChI=1S/C24H27F4N5O/c1-22(2)14-8-9-23(22,3)18(10-14)30-31-21(34)17-12-20-29-16(13-4-6-15(25)7-5-13)11-19(24(26,27)28)33(20)32-17/h4-7,12,14,16,19,29H,8-11H2,1-3H3,(H,31,34)/b30-18+/t14-,16-,19+,23-/m0/s1. The summed E-state index contributed by atoms with van der Waals surface area (Å²) in [5.74, 6) is -0.535. The van der Waals surface area contributed by atoms with Crippen molar-refractivity contribution < 1.29 is 22.4 Å². The van der Waals surface area contributed by atoms with Gasteiger partial charge in [0.1, 0.15) is 11.6 Å². The summed E-state index contributed by atoms with van der Waals surface area (Å²) >= 11 is 0. The average molecular weight is 478 g/mol. The van der Waals surface area contributed by atoms with Crippen LogP contribution in [0.5, 0.6) is 0 Å². The van der Waals surface area contributed by atoms with Crippen molar-refractivity contribution in [3.05, 3.63) is 47.4 Å². The second kappa shape index (κ2) is 7.55. The maximum atomic E-state index is 13.9. The summed E-state index contributed by atoms with van der Waals surface area (Å²) in [5.41, 5.74) is 3.80. The predicted octanol–water partition coefficient (Wildman–Crippen LogP) is 5.61. The molecule has 10 heteroatoms. The Bertz CT molecular complexity index is 1150. The van der Waals surface area contributed by atoms with Crippen molar-refractivity contribution in [2.45, 2.75) is 64.7 Å². The van der Waals surface area contributed by atoms with Crippen LogP contribution in [-0.2, 0) is 0 Å². The molecule has 1 aliphatic heterocycles. The molecule has 0 unspecified atom stereocenters. The SMILES string of the molecule is CC1(C)[C@H]2CC[C@@]1(C)/C(=N/NC(=O)c1cc3n(n1)[C@@H](C(F)(F)F)C[C@@H](c1ccc(F)cc1)N3)C2. The molecule has 6 nitrogen and oxygen atoms in total. The number of anilines is 1. The van der Waals surface area contributed by atoms with Crippen molar-refractivity contribution >= 4 is 17.4 Å². The summed E-state index contributed by atoms with van der Waals surface area (Å²) in [4.78, 5) is 12.8. The van der Waals surface area contributed by atoms with Crippen LogP contribution in [0.25, 0.3) is 0 Å². The molecule has 2 heterocycles. The Hall–Kier alpha value is -2.91. The monoisotopic (exact) mass is 477 g/mol. The zero-order valence-corrected chi connectivity index (χ0v) is 19.2. The lowest BCUT2D eigenvalue weighted by atomic mass is 9.70. The highest BCUT2D eigenvalue weighted by Crippen LogP contribution is 2.63. The Balaban J connectivity index is 1.39. The molecular formula is C24H27F4N5O. The van der Waals surface area contributed by atoms with Crippen molar-refractivity contribution in [3.63, 3.8) is 0 Å². The number of nitrogens with zero attached hydrogens (tertiary/aromatic N) is 3. The first-order valence-electron chi connectivity index (χ1n) is 11.5. The number of rotatable bonds is 3. The summed E-state index contributed by atoms with van der Waals surface area (Å²) in [6, 6.07) is 4.00. The van der Waals surface area contributed by atoms with E-state index >= 15 is 0 Å². The molecule has 2 aliphatic carbocycles. The van der Waals surface area contributed by atoms with Crippen molar-refractivity contribution in [1.82, 2.24) is 15.2 Å². The highest BCUT2D eigenvalue weighted by molar-refractivity contribution is 5.97. The molecule has 34 heavy (non-hydrogen) atoms. The summed E-state index contributed by atoms with van der Waals surface area (Å²) in [5, 5.41) is 11.4. The van der Waals surface area contributed by atoms with Crippen LogP contribution in [0, 0.1) is 22.6 Å². The lowest BCUT2D eigenvalue weighted by Crippen LogP contribution is -2.36. The Kier molecular flexibility index (Phi) is 5.07. The second-order valence-electron chi connectivity index (χ2n) is 10.4. The van der Waals surface area contributed by atoms with E-state index in [1.807, 2.05) is 0 Å². The van der Waals surface area contributed by atoms with E-state index in [0.717, 1.165) is 29.7 Å². The van der Waals surface area contributed by atoms with Crippen LogP contribution in [0.15, 0.2) is 35.4 Å². The van der Waals surface area contributed by atoms with E-state index in [-0.39, 0.29) is 28.8 Å². The van der Waals surface area contributed by atoms with Gasteiger partial charge in [-0.1, -0.05) is 32.9 Å². The lowest BCUT2D eigenvalue weighted by Gasteiger charge is -2.34. The van der Waals surface area contributed by atoms with Crippen LogP contribution in [0.3, 0.4) is 0 Å². The van der Waals surface area contributed by atoms with Crippen molar-refractivity contribution in [1.29, 1.82) is 0 Å². The zero-order valence-electron chi connectivity index (χ0n) is 19.2. The van der Waals surface area contributed by atoms with Gasteiger partial charge in [0.15, 0.2) is 11.7 Å². The fourth-order valence-electron chi connectivity index (χ4n) is 5.87. The molecule has 2 N–H and O–H groups in total. The molecular weight excluding hydrogens is 450 g/mol. The van der Waals surface area contributed by atoms with Crippen LogP contribution < -0.4 is 10.7 Å². The van der Waals surface area contributed by atoms with E-state index in [2.05, 4.69) is 41.7 Å². The molecule has 1 amide bonds. The number of carbonyl (C=O) groups excluding carboxylic acids is 1. The first-order chi connectivity index (χ1) is 15.9. The molecule has 1 aromatic heterocycles. The third-order valence-corrected chi connectivity index (χ3v) is 8.50. The zero-order chi connectivity index (χ0) is 24.5. The molecule has 4 atom stereocenters. The fourth-order valence-corrected chi connectivity index (χ4v) is 5.87. The van der Waals surface area contributed by atoms with Crippen molar-refractivity contribution in [3.8, 4) is 0 Å². The van der Waals surface area contributed by atoms with Crippen LogP contribution in [0.2, 0.25) is 0 Å². The van der Waals surface area contributed by atoms with Gasteiger partial charge in [-0.3, -0.25) is 4.79 Å². The van der Waals surface area contributed by atoms with Gasteiger partial charge in [0.25, 0.3) is 5.91 Å². The number of hydrazone groups is 1. The molecule has 182 valence electrons. The first-order valence-corrected chi connectivity index (χ1v) is 11.5. The smallest absolute Gasteiger partial charge is 0.363 e. The Morgan fingerprint density at radius 3 is 2.53 bits per heavy atom. The average Bonchev–Trinajstić information content (AvgIpc) is 3.35. The predicted molar refractivity (Wildman–Crippen MR) is 119 cm³/mol. The molecule has 5 rings (SSSR count). The van der Waals surface area contributed by atoms with E-state index in [1.54, 1.807) is 0 Å². The maximum absolute atomic E-state index is 13.9. The Labute approximate surface area is 194 Å². The van der Waals surface area contributed by atoms with Crippen LogP contribution in [-0.4, -0.2) is 27.6 Å². The molecule has 2 bridgehead atoms. The molecule has 1 aromatic carbocycles. The highest BCUT2D eigenvalue weighted by Gasteiger charge is 2.60. The molecule has 2 fully saturated rings. The number of hydrogen-bond acceptors (Lipinski definition) is 4. The number of hydrogen-bond donors (Lipinski definition) is 2. The van der Waals surface area contributed by atoms with Crippen LogP contribution in [0.4, 0.5) is 23.4 Å². The van der Waals surface area contributed by atoms with Gasteiger partial charge >= 0.3 is 6.18 Å².